The highest BCUT2D eigenvalue weighted by molar-refractivity contribution is 7.92. The van der Waals surface area contributed by atoms with Gasteiger partial charge in [0.1, 0.15) is 0 Å². The van der Waals surface area contributed by atoms with Crippen molar-refractivity contribution in [3.63, 3.8) is 0 Å². The minimum Gasteiger partial charge on any atom is -0.267 e. The molecule has 1 heterocycles. The number of nitrogens with zero attached hydrogens (tertiary/aromatic N) is 2. The maximum absolute atomic E-state index is 12.4. The molecule has 3 rings (SSSR count). The third kappa shape index (κ3) is 3.20. The number of hydrogen-bond acceptors (Lipinski definition) is 4. The molecule has 0 saturated carbocycles. The summed E-state index contributed by atoms with van der Waals surface area (Å²) in [6.07, 6.45) is 0.999. The van der Waals surface area contributed by atoms with E-state index in [2.05, 4.69) is 9.71 Å². The van der Waals surface area contributed by atoms with Crippen LogP contribution < -0.4 is 10.4 Å². The van der Waals surface area contributed by atoms with Gasteiger partial charge in [-0.3, -0.25) is 9.29 Å². The third-order valence-electron chi connectivity index (χ3n) is 3.15. The summed E-state index contributed by atoms with van der Waals surface area (Å²) >= 11 is 6.04. The summed E-state index contributed by atoms with van der Waals surface area (Å²) in [6.45, 7) is 0. The highest BCUT2D eigenvalue weighted by atomic mass is 35.5. The van der Waals surface area contributed by atoms with Gasteiger partial charge in [0.15, 0.2) is 5.82 Å². The summed E-state index contributed by atoms with van der Waals surface area (Å²) in [5, 5.41) is 0.904. The molecule has 0 spiro atoms. The molecule has 0 aliphatic rings. The Balaban J connectivity index is 2.39. The zero-order chi connectivity index (χ0) is 16.6. The van der Waals surface area contributed by atoms with Gasteiger partial charge >= 0.3 is 5.69 Å². The normalized spacial score (nSPS) is 11.6. The molecule has 0 bridgehead atoms. The van der Waals surface area contributed by atoms with Gasteiger partial charge in [0.25, 0.3) is 0 Å². The minimum atomic E-state index is -3.57. The van der Waals surface area contributed by atoms with Crippen LogP contribution in [0.2, 0.25) is 5.02 Å². The largest absolute Gasteiger partial charge is 0.354 e. The molecule has 0 unspecified atom stereocenters. The first-order valence-electron chi connectivity index (χ1n) is 6.61. The summed E-state index contributed by atoms with van der Waals surface area (Å²) in [5.74, 6) is -0.0173. The summed E-state index contributed by atoms with van der Waals surface area (Å²) in [6, 6.07) is 13.8. The average Bonchev–Trinajstić information content (AvgIpc) is 2.46. The van der Waals surface area contributed by atoms with Gasteiger partial charge in [-0.25, -0.2) is 13.2 Å². The first-order chi connectivity index (χ1) is 10.8. The van der Waals surface area contributed by atoms with E-state index in [0.29, 0.717) is 21.6 Å². The van der Waals surface area contributed by atoms with Crippen molar-refractivity contribution >= 4 is 38.3 Å². The quantitative estimate of drug-likeness (QED) is 0.787. The van der Waals surface area contributed by atoms with Gasteiger partial charge in [0, 0.05) is 10.4 Å². The van der Waals surface area contributed by atoms with Crippen LogP contribution in [0.4, 0.5) is 5.82 Å². The van der Waals surface area contributed by atoms with Crippen molar-refractivity contribution in [2.24, 2.45) is 0 Å². The number of aromatic nitrogens is 2. The number of sulfonamides is 1. The van der Waals surface area contributed by atoms with Crippen LogP contribution in [0.15, 0.2) is 53.3 Å². The molecule has 0 radical (unpaired) electrons. The van der Waals surface area contributed by atoms with E-state index in [1.165, 1.54) is 4.57 Å². The first kappa shape index (κ1) is 15.5. The Kier molecular flexibility index (Phi) is 3.83. The van der Waals surface area contributed by atoms with Crippen LogP contribution in [-0.2, 0) is 10.0 Å². The highest BCUT2D eigenvalue weighted by Crippen LogP contribution is 2.25. The Morgan fingerprint density at radius 3 is 2.48 bits per heavy atom. The Morgan fingerprint density at radius 2 is 1.83 bits per heavy atom. The molecular weight excluding hydrogens is 338 g/mol. The molecule has 0 atom stereocenters. The molecule has 118 valence electrons. The molecule has 0 aliphatic heterocycles. The zero-order valence-electron chi connectivity index (χ0n) is 12.0. The molecule has 0 aliphatic carbocycles. The van der Waals surface area contributed by atoms with Crippen LogP contribution in [0, 0.1) is 0 Å². The second kappa shape index (κ2) is 5.68. The van der Waals surface area contributed by atoms with E-state index in [0.717, 1.165) is 6.26 Å². The van der Waals surface area contributed by atoms with E-state index < -0.39 is 15.7 Å². The summed E-state index contributed by atoms with van der Waals surface area (Å²) in [5.41, 5.74) is 0.482. The van der Waals surface area contributed by atoms with Gasteiger partial charge in [-0.2, -0.15) is 4.98 Å². The van der Waals surface area contributed by atoms with Crippen LogP contribution in [0.25, 0.3) is 16.6 Å². The van der Waals surface area contributed by atoms with Gasteiger partial charge < -0.3 is 0 Å². The molecule has 0 amide bonds. The second-order valence-electron chi connectivity index (χ2n) is 4.95. The Bertz CT molecular complexity index is 1050. The lowest BCUT2D eigenvalue weighted by atomic mass is 10.2. The fourth-order valence-electron chi connectivity index (χ4n) is 2.28. The topological polar surface area (TPSA) is 81.1 Å². The number of benzene rings is 2. The molecular formula is C15H12ClN3O3S. The standard InChI is InChI=1S/C15H12ClN3O3S/c1-23(21,22)18-14-12-8-7-10(16)9-13(12)19(15(20)17-14)11-5-3-2-4-6-11/h2-9H,1H3,(H,17,18,20). The van der Waals surface area contributed by atoms with Crippen molar-refractivity contribution in [1.82, 2.24) is 9.55 Å². The number of hydrogen-bond donors (Lipinski definition) is 1. The molecule has 2 aromatic carbocycles. The molecule has 6 nitrogen and oxygen atoms in total. The molecule has 0 fully saturated rings. The van der Waals surface area contributed by atoms with Crippen molar-refractivity contribution in [3.8, 4) is 5.69 Å². The average molecular weight is 350 g/mol. The lowest BCUT2D eigenvalue weighted by Crippen LogP contribution is -2.24. The highest BCUT2D eigenvalue weighted by Gasteiger charge is 2.14. The lowest BCUT2D eigenvalue weighted by Gasteiger charge is -2.13. The van der Waals surface area contributed by atoms with Gasteiger partial charge in [-0.05, 0) is 30.3 Å². The summed E-state index contributed by atoms with van der Waals surface area (Å²) in [4.78, 5) is 16.3. The van der Waals surface area contributed by atoms with Crippen molar-refractivity contribution < 1.29 is 8.42 Å². The predicted octanol–water partition coefficient (Wildman–Crippen LogP) is 2.41. The number of fused-ring (bicyclic) bond motifs is 1. The van der Waals surface area contributed by atoms with E-state index >= 15 is 0 Å². The van der Waals surface area contributed by atoms with Gasteiger partial charge in [0.05, 0.1) is 17.5 Å². The predicted molar refractivity (Wildman–Crippen MR) is 90.8 cm³/mol. The number of para-hydroxylation sites is 1. The molecule has 0 saturated heterocycles. The first-order valence-corrected chi connectivity index (χ1v) is 8.87. The van der Waals surface area contributed by atoms with Crippen molar-refractivity contribution in [1.29, 1.82) is 0 Å². The molecule has 1 aromatic heterocycles. The van der Waals surface area contributed by atoms with Crippen LogP contribution >= 0.6 is 11.6 Å². The monoisotopic (exact) mass is 349 g/mol. The number of nitrogens with one attached hydrogen (secondary N) is 1. The molecule has 3 aromatic rings. The Labute approximate surface area is 137 Å². The Hall–Kier alpha value is -2.38. The minimum absolute atomic E-state index is 0.0173. The second-order valence-corrected chi connectivity index (χ2v) is 7.13. The van der Waals surface area contributed by atoms with E-state index in [1.807, 2.05) is 6.07 Å². The fraction of sp³-hybridized carbons (Fsp3) is 0.0667. The molecule has 23 heavy (non-hydrogen) atoms. The summed E-state index contributed by atoms with van der Waals surface area (Å²) < 4.78 is 26.6. The maximum Gasteiger partial charge on any atom is 0.354 e. The Morgan fingerprint density at radius 1 is 1.13 bits per heavy atom. The van der Waals surface area contributed by atoms with E-state index in [4.69, 9.17) is 11.6 Å². The van der Waals surface area contributed by atoms with E-state index in [9.17, 15) is 13.2 Å². The van der Waals surface area contributed by atoms with Crippen molar-refractivity contribution in [2.75, 3.05) is 11.0 Å². The third-order valence-corrected chi connectivity index (χ3v) is 3.95. The molecule has 1 N–H and O–H groups in total. The smallest absolute Gasteiger partial charge is 0.267 e. The number of rotatable bonds is 3. The molecule has 8 heteroatoms. The van der Waals surface area contributed by atoms with Gasteiger partial charge in [0.2, 0.25) is 10.0 Å². The SMILES string of the molecule is CS(=O)(=O)Nc1nc(=O)n(-c2ccccc2)c2cc(Cl)ccc12. The fourth-order valence-corrected chi connectivity index (χ4v) is 2.95. The summed E-state index contributed by atoms with van der Waals surface area (Å²) in [7, 11) is -3.57. The van der Waals surface area contributed by atoms with Crippen LogP contribution in [0.1, 0.15) is 0 Å². The van der Waals surface area contributed by atoms with Gasteiger partial charge in [-0.15, -0.1) is 0 Å². The van der Waals surface area contributed by atoms with Crippen molar-refractivity contribution in [3.05, 3.63) is 64.0 Å². The van der Waals surface area contributed by atoms with Crippen molar-refractivity contribution in [2.45, 2.75) is 0 Å². The zero-order valence-corrected chi connectivity index (χ0v) is 13.6. The van der Waals surface area contributed by atoms with E-state index in [1.54, 1.807) is 42.5 Å². The van der Waals surface area contributed by atoms with Crippen LogP contribution in [-0.4, -0.2) is 24.2 Å². The van der Waals surface area contributed by atoms with Crippen LogP contribution in [0.5, 0.6) is 0 Å². The lowest BCUT2D eigenvalue weighted by molar-refractivity contribution is 0.606. The number of anilines is 1. The van der Waals surface area contributed by atoms with E-state index in [-0.39, 0.29) is 5.82 Å². The van der Waals surface area contributed by atoms with Gasteiger partial charge in [-0.1, -0.05) is 29.8 Å². The van der Waals surface area contributed by atoms with Crippen LogP contribution in [0.3, 0.4) is 0 Å². The number of halogens is 1. The maximum atomic E-state index is 12.4.